The standard InChI is InChI=1S/C24H27NO5/c1-4-8-25(9-5-2)13-17-18(26)10-15(3)22-23(27)21(30-24(17)22)12-16-6-7-19-20(11-16)29-14-28-19/h6-7,10-12,26H,4-5,8-9,13-14H2,1-3H3/b21-12+. The van der Waals surface area contributed by atoms with E-state index < -0.39 is 0 Å². The molecule has 158 valence electrons. The van der Waals surface area contributed by atoms with Gasteiger partial charge in [0, 0.05) is 6.54 Å². The number of phenolic OH excluding ortho intramolecular Hbond substituents is 1. The molecule has 2 heterocycles. The van der Waals surface area contributed by atoms with E-state index in [0.717, 1.165) is 31.5 Å². The smallest absolute Gasteiger partial charge is 0.232 e. The van der Waals surface area contributed by atoms with Crippen molar-refractivity contribution in [1.82, 2.24) is 4.90 Å². The van der Waals surface area contributed by atoms with E-state index in [1.54, 1.807) is 12.1 Å². The molecule has 0 spiro atoms. The van der Waals surface area contributed by atoms with Gasteiger partial charge < -0.3 is 19.3 Å². The van der Waals surface area contributed by atoms with Crippen molar-refractivity contribution in [2.45, 2.75) is 40.2 Å². The highest BCUT2D eigenvalue weighted by molar-refractivity contribution is 6.15. The fourth-order valence-corrected chi connectivity index (χ4v) is 4.01. The quantitative estimate of drug-likeness (QED) is 0.671. The summed E-state index contributed by atoms with van der Waals surface area (Å²) in [5, 5.41) is 10.6. The summed E-state index contributed by atoms with van der Waals surface area (Å²) in [5.74, 6) is 2.06. The second kappa shape index (κ2) is 8.40. The van der Waals surface area contributed by atoms with Gasteiger partial charge in [-0.15, -0.1) is 0 Å². The molecule has 2 aromatic rings. The molecule has 6 heteroatoms. The molecule has 0 saturated heterocycles. The van der Waals surface area contributed by atoms with Gasteiger partial charge in [0.15, 0.2) is 17.3 Å². The first kappa shape index (κ1) is 20.3. The lowest BCUT2D eigenvalue weighted by molar-refractivity contribution is 0.101. The number of phenols is 1. The molecule has 1 N–H and O–H groups in total. The van der Waals surface area contributed by atoms with E-state index in [-0.39, 0.29) is 24.1 Å². The van der Waals surface area contributed by atoms with Gasteiger partial charge >= 0.3 is 0 Å². The van der Waals surface area contributed by atoms with Gasteiger partial charge in [-0.25, -0.2) is 0 Å². The Labute approximate surface area is 176 Å². The number of ketones is 1. The molecule has 30 heavy (non-hydrogen) atoms. The maximum Gasteiger partial charge on any atom is 0.232 e. The van der Waals surface area contributed by atoms with Crippen LogP contribution in [0, 0.1) is 6.92 Å². The Morgan fingerprint density at radius 3 is 2.57 bits per heavy atom. The number of benzene rings is 2. The Morgan fingerprint density at radius 1 is 1.10 bits per heavy atom. The van der Waals surface area contributed by atoms with Crippen LogP contribution >= 0.6 is 0 Å². The lowest BCUT2D eigenvalue weighted by Crippen LogP contribution is -2.25. The van der Waals surface area contributed by atoms with E-state index in [2.05, 4.69) is 18.7 Å². The van der Waals surface area contributed by atoms with E-state index >= 15 is 0 Å². The summed E-state index contributed by atoms with van der Waals surface area (Å²) >= 11 is 0. The molecule has 0 aromatic heterocycles. The zero-order valence-electron chi connectivity index (χ0n) is 17.7. The maximum atomic E-state index is 13.1. The Bertz CT molecular complexity index is 1010. The molecule has 0 bridgehead atoms. The van der Waals surface area contributed by atoms with Gasteiger partial charge in [-0.05, 0) is 68.3 Å². The van der Waals surface area contributed by atoms with Crippen LogP contribution in [-0.2, 0) is 6.54 Å². The number of Topliss-reactive ketones (excluding diaryl/α,β-unsaturated/α-hetero) is 1. The first-order chi connectivity index (χ1) is 14.5. The average molecular weight is 409 g/mol. The first-order valence-electron chi connectivity index (χ1n) is 10.4. The van der Waals surface area contributed by atoms with Crippen LogP contribution in [0.4, 0.5) is 0 Å². The minimum Gasteiger partial charge on any atom is -0.507 e. The SMILES string of the molecule is CCCN(CCC)Cc1c(O)cc(C)c2c1O/C(=C/c1ccc3c(c1)OCO3)C2=O. The zero-order valence-corrected chi connectivity index (χ0v) is 17.7. The fourth-order valence-electron chi connectivity index (χ4n) is 4.01. The van der Waals surface area contributed by atoms with E-state index in [9.17, 15) is 9.90 Å². The van der Waals surface area contributed by atoms with Crippen molar-refractivity contribution in [1.29, 1.82) is 0 Å². The highest BCUT2D eigenvalue weighted by Crippen LogP contribution is 2.42. The number of aromatic hydroxyl groups is 1. The van der Waals surface area contributed by atoms with Gasteiger partial charge in [-0.2, -0.15) is 0 Å². The molecular formula is C24H27NO5. The molecule has 2 aromatic carbocycles. The maximum absolute atomic E-state index is 13.1. The highest BCUT2D eigenvalue weighted by Gasteiger charge is 2.33. The summed E-state index contributed by atoms with van der Waals surface area (Å²) in [6.45, 7) is 8.67. The predicted molar refractivity (Wildman–Crippen MR) is 114 cm³/mol. The summed E-state index contributed by atoms with van der Waals surface area (Å²) in [5.41, 5.74) is 2.70. The first-order valence-corrected chi connectivity index (χ1v) is 10.4. The largest absolute Gasteiger partial charge is 0.507 e. The molecule has 0 atom stereocenters. The number of carbonyl (C=O) groups is 1. The summed E-state index contributed by atoms with van der Waals surface area (Å²) in [4.78, 5) is 15.4. The molecule has 6 nitrogen and oxygen atoms in total. The topological polar surface area (TPSA) is 68.2 Å². The van der Waals surface area contributed by atoms with Crippen molar-refractivity contribution >= 4 is 11.9 Å². The Balaban J connectivity index is 1.68. The minimum atomic E-state index is -0.168. The zero-order chi connectivity index (χ0) is 21.3. The third-order valence-electron chi connectivity index (χ3n) is 5.38. The average Bonchev–Trinajstić information content (AvgIpc) is 3.30. The molecular weight excluding hydrogens is 382 g/mol. The molecule has 2 aliphatic rings. The van der Waals surface area contributed by atoms with Crippen molar-refractivity contribution in [2.24, 2.45) is 0 Å². The molecule has 0 fully saturated rings. The monoisotopic (exact) mass is 409 g/mol. The molecule has 0 radical (unpaired) electrons. The number of carbonyl (C=O) groups excluding carboxylic acids is 1. The van der Waals surface area contributed by atoms with Crippen LogP contribution in [0.1, 0.15) is 53.7 Å². The number of aryl methyl sites for hydroxylation is 1. The van der Waals surface area contributed by atoms with Crippen LogP contribution in [0.3, 0.4) is 0 Å². The van der Waals surface area contributed by atoms with Crippen molar-refractivity contribution in [3.8, 4) is 23.0 Å². The number of nitrogens with zero attached hydrogens (tertiary/aromatic N) is 1. The van der Waals surface area contributed by atoms with Crippen LogP contribution in [0.25, 0.3) is 6.08 Å². The van der Waals surface area contributed by atoms with Gasteiger partial charge in [0.1, 0.15) is 11.5 Å². The third kappa shape index (κ3) is 3.75. The summed E-state index contributed by atoms with van der Waals surface area (Å²) in [7, 11) is 0. The van der Waals surface area contributed by atoms with Gasteiger partial charge in [-0.1, -0.05) is 19.9 Å². The second-order valence-electron chi connectivity index (χ2n) is 7.72. The third-order valence-corrected chi connectivity index (χ3v) is 5.38. The molecule has 4 rings (SSSR count). The fraction of sp³-hybridized carbons (Fsp3) is 0.375. The second-order valence-corrected chi connectivity index (χ2v) is 7.72. The lowest BCUT2D eigenvalue weighted by Gasteiger charge is -2.22. The Morgan fingerprint density at radius 2 is 1.83 bits per heavy atom. The summed E-state index contributed by atoms with van der Waals surface area (Å²) < 4.78 is 16.8. The number of hydrogen-bond donors (Lipinski definition) is 1. The number of hydrogen-bond acceptors (Lipinski definition) is 6. The summed E-state index contributed by atoms with van der Waals surface area (Å²) in [6, 6.07) is 7.16. The number of fused-ring (bicyclic) bond motifs is 2. The minimum absolute atomic E-state index is 0.167. The number of allylic oxidation sites excluding steroid dienone is 1. The van der Waals surface area contributed by atoms with E-state index in [1.165, 1.54) is 0 Å². The number of rotatable bonds is 7. The Hall–Kier alpha value is -2.99. The van der Waals surface area contributed by atoms with Crippen LogP contribution in [0.5, 0.6) is 23.0 Å². The van der Waals surface area contributed by atoms with Gasteiger partial charge in [0.05, 0.1) is 11.1 Å². The van der Waals surface area contributed by atoms with Gasteiger partial charge in [-0.3, -0.25) is 9.69 Å². The molecule has 0 aliphatic carbocycles. The molecule has 0 amide bonds. The Kier molecular flexibility index (Phi) is 5.68. The van der Waals surface area contributed by atoms with Crippen LogP contribution < -0.4 is 14.2 Å². The molecule has 2 aliphatic heterocycles. The highest BCUT2D eigenvalue weighted by atomic mass is 16.7. The van der Waals surface area contributed by atoms with Crippen LogP contribution in [0.2, 0.25) is 0 Å². The van der Waals surface area contributed by atoms with Crippen LogP contribution in [-0.4, -0.2) is 35.7 Å². The van der Waals surface area contributed by atoms with E-state index in [1.807, 2.05) is 25.1 Å². The molecule has 0 saturated carbocycles. The lowest BCUT2D eigenvalue weighted by atomic mass is 9.99. The predicted octanol–water partition coefficient (Wildman–Crippen LogP) is 4.67. The summed E-state index contributed by atoms with van der Waals surface area (Å²) in [6.07, 6.45) is 3.74. The van der Waals surface area contributed by atoms with Crippen molar-refractivity contribution in [3.05, 3.63) is 52.3 Å². The number of ether oxygens (including phenoxy) is 3. The molecule has 0 unspecified atom stereocenters. The normalized spacial score (nSPS) is 15.7. The van der Waals surface area contributed by atoms with Gasteiger partial charge in [0.2, 0.25) is 12.6 Å². The van der Waals surface area contributed by atoms with E-state index in [4.69, 9.17) is 14.2 Å². The van der Waals surface area contributed by atoms with Crippen molar-refractivity contribution in [2.75, 3.05) is 19.9 Å². The van der Waals surface area contributed by atoms with Crippen molar-refractivity contribution < 1.29 is 24.1 Å². The van der Waals surface area contributed by atoms with E-state index in [0.29, 0.717) is 40.5 Å². The van der Waals surface area contributed by atoms with Crippen molar-refractivity contribution in [3.63, 3.8) is 0 Å². The van der Waals surface area contributed by atoms with Crippen LogP contribution in [0.15, 0.2) is 30.0 Å². The van der Waals surface area contributed by atoms with Gasteiger partial charge in [0.25, 0.3) is 0 Å².